The average molecular weight is 434 g/mol. The summed E-state index contributed by atoms with van der Waals surface area (Å²) in [6.45, 7) is 7.86. The lowest BCUT2D eigenvalue weighted by Gasteiger charge is -2.24. The fraction of sp³-hybridized carbons (Fsp3) is 0.455. The maximum Gasteiger partial charge on any atom is 0.263 e. The lowest BCUT2D eigenvalue weighted by atomic mass is 10.0. The molecule has 0 saturated heterocycles. The first-order chi connectivity index (χ1) is 15.1. The number of imide groups is 1. The van der Waals surface area contributed by atoms with Gasteiger partial charge in [-0.15, -0.1) is 6.58 Å². The number of aryl methyl sites for hydroxylation is 1. The zero-order valence-electron chi connectivity index (χ0n) is 17.9. The van der Waals surface area contributed by atoms with E-state index in [1.807, 2.05) is 0 Å². The number of carbonyl (C=O) groups excluding carboxylic acids is 4. The van der Waals surface area contributed by atoms with Crippen LogP contribution in [0.4, 0.5) is 5.69 Å². The maximum absolute atomic E-state index is 13.1. The Morgan fingerprint density at radius 3 is 2.45 bits per heavy atom. The Morgan fingerprint density at radius 1 is 1.13 bits per heavy atom. The summed E-state index contributed by atoms with van der Waals surface area (Å²) in [5.74, 6) is -0.532. The van der Waals surface area contributed by atoms with E-state index in [0.717, 1.165) is 4.90 Å². The summed E-state index contributed by atoms with van der Waals surface area (Å²) in [6, 6.07) is 4.47. The van der Waals surface area contributed by atoms with Gasteiger partial charge in [0.25, 0.3) is 5.91 Å². The largest absolute Gasteiger partial charge is 0.382 e. The molecule has 1 rings (SSSR count). The number of nitrogens with zero attached hydrogens (tertiary/aromatic N) is 1. The van der Waals surface area contributed by atoms with Gasteiger partial charge in [0, 0.05) is 18.8 Å². The van der Waals surface area contributed by atoms with Crippen molar-refractivity contribution >= 4 is 30.7 Å². The molecular formula is C22H31N3O6. The van der Waals surface area contributed by atoms with E-state index < -0.39 is 11.9 Å². The zero-order valence-corrected chi connectivity index (χ0v) is 17.9. The number of aldehydes is 1. The van der Waals surface area contributed by atoms with E-state index >= 15 is 0 Å². The van der Waals surface area contributed by atoms with Gasteiger partial charge in [-0.3, -0.25) is 19.3 Å². The van der Waals surface area contributed by atoms with Crippen LogP contribution in [0.2, 0.25) is 0 Å². The summed E-state index contributed by atoms with van der Waals surface area (Å²) in [5, 5.41) is 5.65. The van der Waals surface area contributed by atoms with Crippen LogP contribution >= 0.6 is 0 Å². The third kappa shape index (κ3) is 9.10. The van der Waals surface area contributed by atoms with Crippen molar-refractivity contribution in [2.75, 3.05) is 44.8 Å². The van der Waals surface area contributed by atoms with Gasteiger partial charge >= 0.3 is 0 Å². The van der Waals surface area contributed by atoms with E-state index in [9.17, 15) is 19.2 Å². The number of hydrogen-bond acceptors (Lipinski definition) is 7. The Balaban J connectivity index is 2.64. The van der Waals surface area contributed by atoms with Gasteiger partial charge in [0.15, 0.2) is 0 Å². The van der Waals surface area contributed by atoms with Gasteiger partial charge in [0.2, 0.25) is 12.8 Å². The smallest absolute Gasteiger partial charge is 0.263 e. The minimum absolute atomic E-state index is 0.327. The van der Waals surface area contributed by atoms with E-state index in [1.165, 1.54) is 0 Å². The van der Waals surface area contributed by atoms with E-state index in [4.69, 9.17) is 9.47 Å². The van der Waals surface area contributed by atoms with Crippen LogP contribution in [0.15, 0.2) is 30.9 Å². The Morgan fingerprint density at radius 2 is 1.84 bits per heavy atom. The van der Waals surface area contributed by atoms with Crippen molar-refractivity contribution in [3.8, 4) is 0 Å². The van der Waals surface area contributed by atoms with Crippen LogP contribution in [0.25, 0.3) is 0 Å². The molecule has 9 heteroatoms. The van der Waals surface area contributed by atoms with Crippen molar-refractivity contribution in [3.63, 3.8) is 0 Å². The average Bonchev–Trinajstić information content (AvgIpc) is 2.77. The Hall–Kier alpha value is -3.04. The van der Waals surface area contributed by atoms with Gasteiger partial charge in [-0.2, -0.15) is 0 Å². The third-order valence-corrected chi connectivity index (χ3v) is 4.42. The Labute approximate surface area is 182 Å². The van der Waals surface area contributed by atoms with Crippen molar-refractivity contribution in [2.45, 2.75) is 25.8 Å². The topological polar surface area (TPSA) is 114 Å². The van der Waals surface area contributed by atoms with Crippen molar-refractivity contribution in [1.82, 2.24) is 10.2 Å². The first kappa shape index (κ1) is 26.0. The molecule has 0 saturated carbocycles. The monoisotopic (exact) mass is 433 g/mol. The number of amides is 3. The third-order valence-electron chi connectivity index (χ3n) is 4.42. The molecular weight excluding hydrogens is 402 g/mol. The fourth-order valence-corrected chi connectivity index (χ4v) is 2.84. The molecule has 3 amide bonds. The molecule has 1 aromatic carbocycles. The van der Waals surface area contributed by atoms with E-state index in [0.29, 0.717) is 88.3 Å². The number of benzene rings is 1. The first-order valence-corrected chi connectivity index (χ1v) is 10.1. The highest BCUT2D eigenvalue weighted by atomic mass is 16.5. The van der Waals surface area contributed by atoms with Crippen molar-refractivity contribution in [3.05, 3.63) is 42.0 Å². The Bertz CT molecular complexity index is 725. The SMILES string of the molecule is C=CCCC(C=O)N(C=O)C(=O)c1c(C)cccc1NCCOCCOCCNC=O. The number of ether oxygens (including phenoxy) is 2. The lowest BCUT2D eigenvalue weighted by Crippen LogP contribution is -2.41. The van der Waals surface area contributed by atoms with Crippen LogP contribution in [0.1, 0.15) is 28.8 Å². The summed E-state index contributed by atoms with van der Waals surface area (Å²) in [6.07, 6.45) is 4.09. The quantitative estimate of drug-likeness (QED) is 0.204. The van der Waals surface area contributed by atoms with Crippen LogP contribution in [0.3, 0.4) is 0 Å². The van der Waals surface area contributed by atoms with Gasteiger partial charge in [0.05, 0.1) is 38.0 Å². The number of anilines is 1. The van der Waals surface area contributed by atoms with Crippen LogP contribution in [-0.2, 0) is 23.9 Å². The fourth-order valence-electron chi connectivity index (χ4n) is 2.84. The van der Waals surface area contributed by atoms with E-state index in [2.05, 4.69) is 17.2 Å². The second kappa shape index (κ2) is 15.8. The van der Waals surface area contributed by atoms with Crippen LogP contribution in [0, 0.1) is 6.92 Å². The van der Waals surface area contributed by atoms with Crippen LogP contribution < -0.4 is 10.6 Å². The number of carbonyl (C=O) groups is 4. The second-order valence-electron chi connectivity index (χ2n) is 6.61. The zero-order chi connectivity index (χ0) is 22.9. The lowest BCUT2D eigenvalue weighted by molar-refractivity contribution is -0.123. The summed E-state index contributed by atoms with van der Waals surface area (Å²) in [5.41, 5.74) is 1.59. The van der Waals surface area contributed by atoms with Gasteiger partial charge in [-0.05, 0) is 31.4 Å². The van der Waals surface area contributed by atoms with Crippen molar-refractivity contribution in [2.24, 2.45) is 0 Å². The van der Waals surface area contributed by atoms with E-state index in [-0.39, 0.29) is 0 Å². The van der Waals surface area contributed by atoms with Gasteiger partial charge in [-0.25, -0.2) is 0 Å². The van der Waals surface area contributed by atoms with Crippen LogP contribution in [-0.4, -0.2) is 75.5 Å². The molecule has 1 atom stereocenters. The van der Waals surface area contributed by atoms with Crippen molar-refractivity contribution < 1.29 is 28.7 Å². The molecule has 0 radical (unpaired) electrons. The first-order valence-electron chi connectivity index (χ1n) is 10.1. The minimum atomic E-state index is -0.847. The normalized spacial score (nSPS) is 11.3. The summed E-state index contributed by atoms with van der Waals surface area (Å²) in [4.78, 5) is 47.1. The number of rotatable bonds is 18. The maximum atomic E-state index is 13.1. The molecule has 0 aromatic heterocycles. The Kier molecular flexibility index (Phi) is 13.2. The summed E-state index contributed by atoms with van der Waals surface area (Å²) < 4.78 is 10.8. The van der Waals surface area contributed by atoms with Gasteiger partial charge < -0.3 is 24.9 Å². The molecule has 2 N–H and O–H groups in total. The molecule has 170 valence electrons. The summed E-state index contributed by atoms with van der Waals surface area (Å²) >= 11 is 0. The highest BCUT2D eigenvalue weighted by Crippen LogP contribution is 2.22. The van der Waals surface area contributed by atoms with Gasteiger partial charge in [-0.1, -0.05) is 18.2 Å². The minimum Gasteiger partial charge on any atom is -0.382 e. The highest BCUT2D eigenvalue weighted by molar-refractivity contribution is 6.06. The molecule has 0 aliphatic rings. The van der Waals surface area contributed by atoms with Gasteiger partial charge in [0.1, 0.15) is 6.29 Å². The van der Waals surface area contributed by atoms with E-state index in [1.54, 1.807) is 31.2 Å². The predicted molar refractivity (Wildman–Crippen MR) is 117 cm³/mol. The molecule has 0 heterocycles. The molecule has 1 unspecified atom stereocenters. The molecule has 0 spiro atoms. The summed E-state index contributed by atoms with van der Waals surface area (Å²) in [7, 11) is 0. The molecule has 9 nitrogen and oxygen atoms in total. The molecule has 0 aliphatic heterocycles. The number of nitrogens with one attached hydrogen (secondary N) is 2. The molecule has 0 fully saturated rings. The predicted octanol–water partition coefficient (Wildman–Crippen LogP) is 1.32. The molecule has 0 bridgehead atoms. The molecule has 31 heavy (non-hydrogen) atoms. The number of allylic oxidation sites excluding steroid dienone is 1. The standard InChI is InChI=1S/C22H31N3O6/c1-3-4-7-19(15-26)25(17-28)22(29)21-18(2)6-5-8-20(21)24-10-12-31-14-13-30-11-9-23-16-27/h3,5-6,8,15-17,19,24H,1,4,7,9-14H2,2H3,(H,23,27). The second-order valence-corrected chi connectivity index (χ2v) is 6.61. The van der Waals surface area contributed by atoms with Crippen LogP contribution in [0.5, 0.6) is 0 Å². The number of hydrogen-bond donors (Lipinski definition) is 2. The molecule has 1 aromatic rings. The van der Waals surface area contributed by atoms with Crippen molar-refractivity contribution in [1.29, 1.82) is 0 Å². The molecule has 0 aliphatic carbocycles. The highest BCUT2D eigenvalue weighted by Gasteiger charge is 2.26.